The van der Waals surface area contributed by atoms with E-state index in [4.69, 9.17) is 11.6 Å². The molecule has 4 rings (SSSR count). The molecule has 0 spiro atoms. The summed E-state index contributed by atoms with van der Waals surface area (Å²) in [6, 6.07) is 9.84. The van der Waals surface area contributed by atoms with Gasteiger partial charge in [0.1, 0.15) is 5.82 Å². The summed E-state index contributed by atoms with van der Waals surface area (Å²) >= 11 is 6.12. The molecule has 1 aliphatic heterocycles. The van der Waals surface area contributed by atoms with Gasteiger partial charge in [0, 0.05) is 41.6 Å². The van der Waals surface area contributed by atoms with Crippen LogP contribution in [0.3, 0.4) is 0 Å². The molecule has 2 amide bonds. The van der Waals surface area contributed by atoms with Gasteiger partial charge in [0.05, 0.1) is 29.8 Å². The molecule has 1 aromatic heterocycles. The number of amides is 2. The number of halogens is 2. The van der Waals surface area contributed by atoms with Crippen LogP contribution in [-0.2, 0) is 11.8 Å². The van der Waals surface area contributed by atoms with E-state index in [1.807, 2.05) is 19.9 Å². The van der Waals surface area contributed by atoms with Gasteiger partial charge in [0.15, 0.2) is 0 Å². The number of nitrogens with one attached hydrogen (secondary N) is 1. The van der Waals surface area contributed by atoms with Gasteiger partial charge >= 0.3 is 0 Å². The Balaban J connectivity index is 1.86. The van der Waals surface area contributed by atoms with Crippen molar-refractivity contribution in [3.63, 3.8) is 0 Å². The maximum atomic E-state index is 14.2. The molecule has 0 saturated heterocycles. The minimum absolute atomic E-state index is 0.105. The number of nitriles is 1. The molecule has 2 atom stereocenters. The Bertz CT molecular complexity index is 1310. The van der Waals surface area contributed by atoms with Crippen molar-refractivity contribution >= 4 is 29.1 Å². The molecule has 1 N–H and O–H groups in total. The molecule has 3 aromatic rings. The van der Waals surface area contributed by atoms with E-state index in [1.54, 1.807) is 35.1 Å². The van der Waals surface area contributed by atoms with Gasteiger partial charge in [-0.3, -0.25) is 14.3 Å². The van der Waals surface area contributed by atoms with Gasteiger partial charge in [-0.1, -0.05) is 31.5 Å². The third-order valence-corrected chi connectivity index (χ3v) is 5.92. The van der Waals surface area contributed by atoms with Gasteiger partial charge < -0.3 is 10.2 Å². The Labute approximate surface area is 201 Å². The van der Waals surface area contributed by atoms with Gasteiger partial charge in [0.2, 0.25) is 5.91 Å². The number of carbonyl (C=O) groups excluding carboxylic acids is 2. The fraction of sp³-hybridized carbons (Fsp3) is 0.280. The minimum atomic E-state index is -0.847. The molecule has 9 heteroatoms. The van der Waals surface area contributed by atoms with Crippen LogP contribution in [0, 0.1) is 23.1 Å². The normalized spacial score (nSPS) is 17.4. The van der Waals surface area contributed by atoms with E-state index in [0.717, 1.165) is 0 Å². The number of anilines is 1. The molecule has 34 heavy (non-hydrogen) atoms. The van der Waals surface area contributed by atoms with Crippen molar-refractivity contribution in [2.45, 2.75) is 25.8 Å². The molecule has 0 radical (unpaired) electrons. The van der Waals surface area contributed by atoms with E-state index >= 15 is 0 Å². The molecule has 1 aliphatic rings. The monoisotopic (exact) mass is 479 g/mol. The maximum Gasteiger partial charge on any atom is 0.254 e. The quantitative estimate of drug-likeness (QED) is 0.576. The largest absolute Gasteiger partial charge is 0.330 e. The second-order valence-electron chi connectivity index (χ2n) is 8.78. The highest BCUT2D eigenvalue weighted by Crippen LogP contribution is 2.44. The molecule has 0 fully saturated rings. The molecular weight excluding hydrogens is 457 g/mol. The minimum Gasteiger partial charge on any atom is -0.330 e. The highest BCUT2D eigenvalue weighted by Gasteiger charge is 2.45. The highest BCUT2D eigenvalue weighted by molar-refractivity contribution is 6.31. The van der Waals surface area contributed by atoms with Crippen LogP contribution < -0.4 is 5.32 Å². The lowest BCUT2D eigenvalue weighted by atomic mass is 9.79. The first kappa shape index (κ1) is 23.5. The van der Waals surface area contributed by atoms with Crippen molar-refractivity contribution in [1.82, 2.24) is 14.7 Å². The second-order valence-corrected chi connectivity index (χ2v) is 9.22. The standard InChI is InChI=1S/C25H23ClFN5O2/c1-14(2)12-32-23(16-11-29-31(3)13-16)22(20-5-4-18(27)9-21(20)25(32)34)24(33)30-19-7-15(10-28)6-17(26)8-19/h4-9,11,13-14,22-23H,12H2,1-3H3,(H,30,33). The van der Waals surface area contributed by atoms with Crippen LogP contribution in [-0.4, -0.2) is 33.0 Å². The van der Waals surface area contributed by atoms with E-state index in [9.17, 15) is 19.2 Å². The van der Waals surface area contributed by atoms with Crippen molar-refractivity contribution < 1.29 is 14.0 Å². The first-order chi connectivity index (χ1) is 16.2. The van der Waals surface area contributed by atoms with Gasteiger partial charge in [-0.25, -0.2) is 4.39 Å². The average molecular weight is 480 g/mol. The fourth-order valence-electron chi connectivity index (χ4n) is 4.40. The Morgan fingerprint density at radius 1 is 1.29 bits per heavy atom. The summed E-state index contributed by atoms with van der Waals surface area (Å²) in [6.45, 7) is 4.31. The van der Waals surface area contributed by atoms with Crippen LogP contribution in [0.4, 0.5) is 10.1 Å². The third-order valence-electron chi connectivity index (χ3n) is 5.70. The van der Waals surface area contributed by atoms with Crippen LogP contribution in [0.2, 0.25) is 5.02 Å². The Morgan fingerprint density at radius 2 is 2.06 bits per heavy atom. The lowest BCUT2D eigenvalue weighted by Crippen LogP contribution is -2.47. The van der Waals surface area contributed by atoms with Gasteiger partial charge in [-0.2, -0.15) is 10.4 Å². The molecule has 0 bridgehead atoms. The van der Waals surface area contributed by atoms with Crippen LogP contribution in [0.25, 0.3) is 0 Å². The zero-order valence-electron chi connectivity index (χ0n) is 18.9. The number of fused-ring (bicyclic) bond motifs is 1. The molecule has 174 valence electrons. The van der Waals surface area contributed by atoms with Crippen molar-refractivity contribution in [3.05, 3.63) is 81.9 Å². The summed E-state index contributed by atoms with van der Waals surface area (Å²) in [6.07, 6.45) is 3.40. The van der Waals surface area contributed by atoms with E-state index in [2.05, 4.69) is 10.4 Å². The summed E-state index contributed by atoms with van der Waals surface area (Å²) < 4.78 is 15.8. The summed E-state index contributed by atoms with van der Waals surface area (Å²) in [5.74, 6) is -2.04. The van der Waals surface area contributed by atoms with Crippen molar-refractivity contribution in [2.24, 2.45) is 13.0 Å². The summed E-state index contributed by atoms with van der Waals surface area (Å²) in [5.41, 5.74) is 1.93. The molecule has 0 saturated carbocycles. The maximum absolute atomic E-state index is 14.2. The molecule has 7 nitrogen and oxygen atoms in total. The number of hydrogen-bond donors (Lipinski definition) is 1. The smallest absolute Gasteiger partial charge is 0.254 e. The highest BCUT2D eigenvalue weighted by atomic mass is 35.5. The van der Waals surface area contributed by atoms with Crippen molar-refractivity contribution in [2.75, 3.05) is 11.9 Å². The van der Waals surface area contributed by atoms with Crippen LogP contribution in [0.15, 0.2) is 48.8 Å². The van der Waals surface area contributed by atoms with Crippen molar-refractivity contribution in [3.8, 4) is 6.07 Å². The topological polar surface area (TPSA) is 91.0 Å². The van der Waals surface area contributed by atoms with Crippen molar-refractivity contribution in [1.29, 1.82) is 5.26 Å². The SMILES string of the molecule is CC(C)CN1C(=O)c2cc(F)ccc2C(C(=O)Nc2cc(Cl)cc(C#N)c2)C1c1cnn(C)c1. The predicted molar refractivity (Wildman–Crippen MR) is 126 cm³/mol. The summed E-state index contributed by atoms with van der Waals surface area (Å²) in [4.78, 5) is 28.9. The van der Waals surface area contributed by atoms with E-state index < -0.39 is 23.7 Å². The number of benzene rings is 2. The molecular formula is C25H23ClFN5O2. The van der Waals surface area contributed by atoms with Gasteiger partial charge in [-0.15, -0.1) is 0 Å². The van der Waals surface area contributed by atoms with Crippen LogP contribution in [0.1, 0.15) is 52.9 Å². The summed E-state index contributed by atoms with van der Waals surface area (Å²) in [5, 5.41) is 16.7. The Hall–Kier alpha value is -3.70. The molecule has 2 unspecified atom stereocenters. The Morgan fingerprint density at radius 3 is 2.71 bits per heavy atom. The van der Waals surface area contributed by atoms with E-state index in [1.165, 1.54) is 30.3 Å². The van der Waals surface area contributed by atoms with Crippen LogP contribution in [0.5, 0.6) is 0 Å². The number of carbonyl (C=O) groups is 2. The number of hydrogen-bond acceptors (Lipinski definition) is 4. The van der Waals surface area contributed by atoms with Gasteiger partial charge in [-0.05, 0) is 41.8 Å². The zero-order valence-corrected chi connectivity index (χ0v) is 19.7. The van der Waals surface area contributed by atoms with E-state index in [-0.39, 0.29) is 17.4 Å². The summed E-state index contributed by atoms with van der Waals surface area (Å²) in [7, 11) is 1.76. The third kappa shape index (κ3) is 4.52. The first-order valence-electron chi connectivity index (χ1n) is 10.8. The number of nitrogens with zero attached hydrogens (tertiary/aromatic N) is 4. The Kier molecular flexibility index (Phi) is 6.40. The number of rotatable bonds is 5. The molecule has 2 heterocycles. The number of aryl methyl sites for hydroxylation is 1. The van der Waals surface area contributed by atoms with E-state index in [0.29, 0.717) is 33.9 Å². The lowest BCUT2D eigenvalue weighted by molar-refractivity contribution is -0.119. The molecule has 2 aromatic carbocycles. The lowest BCUT2D eigenvalue weighted by Gasteiger charge is -2.42. The van der Waals surface area contributed by atoms with Crippen LogP contribution >= 0.6 is 11.6 Å². The fourth-order valence-corrected chi connectivity index (χ4v) is 4.64. The molecule has 0 aliphatic carbocycles. The number of aromatic nitrogens is 2. The average Bonchev–Trinajstić information content (AvgIpc) is 3.20. The van der Waals surface area contributed by atoms with Gasteiger partial charge in [0.25, 0.3) is 5.91 Å². The first-order valence-corrected chi connectivity index (χ1v) is 11.2. The predicted octanol–water partition coefficient (Wildman–Crippen LogP) is 4.66. The second kappa shape index (κ2) is 9.27. The zero-order chi connectivity index (χ0) is 24.6.